The Morgan fingerprint density at radius 2 is 1.75 bits per heavy atom. The zero-order chi connectivity index (χ0) is 17.5. The van der Waals surface area contributed by atoms with Crippen LogP contribution in [0.15, 0.2) is 42.5 Å². The van der Waals surface area contributed by atoms with Crippen molar-refractivity contribution in [1.29, 1.82) is 0 Å². The largest absolute Gasteiger partial charge is 0.493 e. The van der Waals surface area contributed by atoms with Crippen LogP contribution in [0.5, 0.6) is 11.5 Å². The Balaban J connectivity index is 2.00. The normalized spacial score (nSPS) is 11.0. The fraction of sp³-hybridized carbons (Fsp3) is 0.176. The van der Waals surface area contributed by atoms with E-state index in [-0.39, 0.29) is 12.3 Å². The highest BCUT2D eigenvalue weighted by Crippen LogP contribution is 2.27. The van der Waals surface area contributed by atoms with Gasteiger partial charge in [-0.2, -0.15) is 0 Å². The van der Waals surface area contributed by atoms with Gasteiger partial charge in [0.15, 0.2) is 11.5 Å². The van der Waals surface area contributed by atoms with Gasteiger partial charge in [0.05, 0.1) is 26.2 Å². The molecular formula is C17H18ClN2O4+. The quantitative estimate of drug-likeness (QED) is 0.349. The summed E-state index contributed by atoms with van der Waals surface area (Å²) in [6.45, 7) is 0. The lowest BCUT2D eigenvalue weighted by molar-refractivity contribution is -0.724. The summed E-state index contributed by atoms with van der Waals surface area (Å²) in [4.78, 5) is 16.9. The molecule has 0 spiro atoms. The number of nitrogens with one attached hydrogen (secondary N) is 1. The Morgan fingerprint density at radius 3 is 2.38 bits per heavy atom. The summed E-state index contributed by atoms with van der Waals surface area (Å²) >= 11 is 5.81. The molecule has 6 nitrogen and oxygen atoms in total. The molecule has 2 aromatic rings. The number of nitrogen functional groups attached to an aromatic ring is 1. The van der Waals surface area contributed by atoms with Crippen molar-refractivity contribution in [2.45, 2.75) is 6.42 Å². The fourth-order valence-electron chi connectivity index (χ4n) is 1.99. The third-order valence-electron chi connectivity index (χ3n) is 3.23. The number of nitrogens with two attached hydrogens (primary N) is 1. The van der Waals surface area contributed by atoms with E-state index >= 15 is 0 Å². The van der Waals surface area contributed by atoms with Crippen LogP contribution in [0.3, 0.4) is 0 Å². The number of carbonyl (C=O) groups is 1. The Morgan fingerprint density at radius 1 is 1.08 bits per heavy atom. The first-order valence-corrected chi connectivity index (χ1v) is 7.46. The van der Waals surface area contributed by atoms with E-state index in [0.29, 0.717) is 22.1 Å². The van der Waals surface area contributed by atoms with Gasteiger partial charge in [0, 0.05) is 5.02 Å². The highest BCUT2D eigenvalue weighted by molar-refractivity contribution is 6.30. The van der Waals surface area contributed by atoms with E-state index in [1.165, 1.54) is 7.11 Å². The molecule has 0 radical (unpaired) electrons. The van der Waals surface area contributed by atoms with E-state index < -0.39 is 5.97 Å². The maximum atomic E-state index is 11.9. The van der Waals surface area contributed by atoms with Crippen LogP contribution in [0.1, 0.15) is 11.1 Å². The summed E-state index contributed by atoms with van der Waals surface area (Å²) in [5, 5.41) is 3.03. The maximum absolute atomic E-state index is 11.9. The van der Waals surface area contributed by atoms with Crippen LogP contribution in [0.25, 0.3) is 0 Å². The Bertz CT molecular complexity index is 745. The number of methoxy groups -OCH3 is 2. The predicted octanol–water partition coefficient (Wildman–Crippen LogP) is 0.844. The lowest BCUT2D eigenvalue weighted by Gasteiger charge is -2.08. The van der Waals surface area contributed by atoms with Crippen LogP contribution in [0.4, 0.5) is 0 Å². The van der Waals surface area contributed by atoms with E-state index in [1.54, 1.807) is 49.6 Å². The Kier molecular flexibility index (Phi) is 6.03. The number of rotatable bonds is 6. The molecule has 0 saturated heterocycles. The van der Waals surface area contributed by atoms with Gasteiger partial charge in [-0.3, -0.25) is 10.6 Å². The second-order valence-corrected chi connectivity index (χ2v) is 5.30. The molecule has 0 aromatic heterocycles. The van der Waals surface area contributed by atoms with Gasteiger partial charge in [-0.05, 0) is 42.0 Å². The Labute approximate surface area is 144 Å². The number of amidine groups is 1. The Hall–Kier alpha value is -2.73. The molecule has 24 heavy (non-hydrogen) atoms. The first-order valence-electron chi connectivity index (χ1n) is 7.08. The minimum Gasteiger partial charge on any atom is -0.493 e. The standard InChI is InChI=1S/C17H17ClN2O4/c1-22-14-8-3-11(9-15(14)23-2)10-16(21)24-20-17(19)12-4-6-13(18)7-5-12/h3-9H,10H2,1-2H3,(H2,19,20)/p+1. The summed E-state index contributed by atoms with van der Waals surface area (Å²) in [5.41, 5.74) is 7.21. The van der Waals surface area contributed by atoms with Crippen LogP contribution in [0.2, 0.25) is 5.02 Å². The lowest BCUT2D eigenvalue weighted by atomic mass is 10.1. The average molecular weight is 350 g/mol. The number of hydrogen-bond acceptors (Lipinski definition) is 4. The first-order chi connectivity index (χ1) is 11.5. The van der Waals surface area contributed by atoms with Gasteiger partial charge in [0.2, 0.25) is 0 Å². The van der Waals surface area contributed by atoms with Crippen molar-refractivity contribution in [1.82, 2.24) is 0 Å². The molecule has 0 fully saturated rings. The van der Waals surface area contributed by atoms with Gasteiger partial charge in [-0.1, -0.05) is 22.8 Å². The van der Waals surface area contributed by atoms with Crippen molar-refractivity contribution in [3.8, 4) is 11.5 Å². The topological polar surface area (TPSA) is 84.8 Å². The molecule has 0 saturated carbocycles. The molecule has 0 aliphatic heterocycles. The summed E-state index contributed by atoms with van der Waals surface area (Å²) in [5.74, 6) is 0.863. The maximum Gasteiger partial charge on any atom is 0.361 e. The average Bonchev–Trinajstić information content (AvgIpc) is 2.60. The van der Waals surface area contributed by atoms with Gasteiger partial charge in [0.1, 0.15) is 0 Å². The van der Waals surface area contributed by atoms with Gasteiger partial charge >= 0.3 is 11.8 Å². The van der Waals surface area contributed by atoms with E-state index in [9.17, 15) is 4.79 Å². The molecule has 0 aliphatic carbocycles. The van der Waals surface area contributed by atoms with Crippen molar-refractivity contribution in [3.63, 3.8) is 0 Å². The highest BCUT2D eigenvalue weighted by atomic mass is 35.5. The second kappa shape index (κ2) is 8.21. The SMILES string of the molecule is COc1ccc(CC(=O)O[NH+]=C(N)c2ccc(Cl)cc2)cc1OC. The number of hydrogen-bond donors (Lipinski definition) is 2. The van der Waals surface area contributed by atoms with Crippen molar-refractivity contribution >= 4 is 23.4 Å². The van der Waals surface area contributed by atoms with E-state index in [2.05, 4.69) is 5.16 Å². The zero-order valence-corrected chi connectivity index (χ0v) is 14.1. The predicted molar refractivity (Wildman–Crippen MR) is 90.1 cm³/mol. The van der Waals surface area contributed by atoms with Gasteiger partial charge in [-0.15, -0.1) is 0 Å². The van der Waals surface area contributed by atoms with E-state index in [1.807, 2.05) is 0 Å². The number of halogens is 1. The zero-order valence-electron chi connectivity index (χ0n) is 13.3. The summed E-state index contributed by atoms with van der Waals surface area (Å²) in [6, 6.07) is 12.0. The molecule has 0 heterocycles. The molecule has 2 rings (SSSR count). The molecule has 126 valence electrons. The number of carbonyl (C=O) groups excluding carboxylic acids is 1. The smallest absolute Gasteiger partial charge is 0.361 e. The summed E-state index contributed by atoms with van der Waals surface area (Å²) in [6.07, 6.45) is 0.0568. The third-order valence-corrected chi connectivity index (χ3v) is 3.48. The van der Waals surface area contributed by atoms with E-state index in [4.69, 9.17) is 31.6 Å². The minimum atomic E-state index is -0.487. The first kappa shape index (κ1) is 17.6. The van der Waals surface area contributed by atoms with Gasteiger partial charge < -0.3 is 9.47 Å². The second-order valence-electron chi connectivity index (χ2n) is 4.86. The summed E-state index contributed by atoms with van der Waals surface area (Å²) in [7, 11) is 3.08. The number of ether oxygens (including phenoxy) is 2. The van der Waals surface area contributed by atoms with Crippen LogP contribution < -0.4 is 20.4 Å². The van der Waals surface area contributed by atoms with Crippen molar-refractivity contribution < 1.29 is 24.3 Å². The molecule has 0 amide bonds. The molecular weight excluding hydrogens is 332 g/mol. The highest BCUT2D eigenvalue weighted by Gasteiger charge is 2.11. The van der Waals surface area contributed by atoms with Crippen molar-refractivity contribution in [2.24, 2.45) is 5.73 Å². The molecule has 7 heteroatoms. The van der Waals surface area contributed by atoms with Crippen LogP contribution >= 0.6 is 11.6 Å². The van der Waals surface area contributed by atoms with Gasteiger partial charge in [-0.25, -0.2) is 4.79 Å². The van der Waals surface area contributed by atoms with E-state index in [0.717, 1.165) is 5.56 Å². The van der Waals surface area contributed by atoms with Crippen LogP contribution in [-0.2, 0) is 16.1 Å². The molecule has 3 N–H and O–H groups in total. The molecule has 0 bridgehead atoms. The van der Waals surface area contributed by atoms with Crippen LogP contribution in [0, 0.1) is 0 Å². The van der Waals surface area contributed by atoms with Crippen molar-refractivity contribution in [3.05, 3.63) is 58.6 Å². The van der Waals surface area contributed by atoms with Gasteiger partial charge in [0.25, 0.3) is 0 Å². The molecule has 2 aromatic carbocycles. The van der Waals surface area contributed by atoms with Crippen molar-refractivity contribution in [2.75, 3.05) is 14.2 Å². The minimum absolute atomic E-state index is 0.0568. The molecule has 0 atom stereocenters. The molecule has 0 unspecified atom stereocenters. The molecule has 0 aliphatic rings. The monoisotopic (exact) mass is 349 g/mol. The lowest BCUT2D eigenvalue weighted by Crippen LogP contribution is -2.75. The fourth-order valence-corrected chi connectivity index (χ4v) is 2.12. The summed E-state index contributed by atoms with van der Waals surface area (Å²) < 4.78 is 10.3. The number of benzene rings is 2. The van der Waals surface area contributed by atoms with Crippen LogP contribution in [-0.4, -0.2) is 26.0 Å². The third kappa shape index (κ3) is 4.63.